The molecule has 1 fully saturated rings. The summed E-state index contributed by atoms with van der Waals surface area (Å²) < 4.78 is 0. The van der Waals surface area contributed by atoms with Gasteiger partial charge in [0.2, 0.25) is 0 Å². The molecule has 1 saturated heterocycles. The monoisotopic (exact) mass is 327 g/mol. The molecular formula is C19H25N3O2. The van der Waals surface area contributed by atoms with Gasteiger partial charge in [0.05, 0.1) is 5.56 Å². The summed E-state index contributed by atoms with van der Waals surface area (Å²) in [6.45, 7) is 7.41. The number of rotatable bonds is 3. The maximum Gasteiger partial charge on any atom is 0.254 e. The van der Waals surface area contributed by atoms with Gasteiger partial charge in [-0.3, -0.25) is 14.6 Å². The molecule has 24 heavy (non-hydrogen) atoms. The Hall–Kier alpha value is -2.17. The van der Waals surface area contributed by atoms with Gasteiger partial charge in [0.1, 0.15) is 11.4 Å². The van der Waals surface area contributed by atoms with Crippen molar-refractivity contribution in [3.8, 4) is 0 Å². The third-order valence-corrected chi connectivity index (χ3v) is 5.22. The van der Waals surface area contributed by atoms with Crippen molar-refractivity contribution in [2.75, 3.05) is 13.1 Å². The average Bonchev–Trinajstić information content (AvgIpc) is 2.91. The van der Waals surface area contributed by atoms with E-state index in [0.717, 1.165) is 25.9 Å². The Bertz CT molecular complexity index is 690. The summed E-state index contributed by atoms with van der Waals surface area (Å²) in [7, 11) is 0. The number of piperidine rings is 1. The SMILES string of the molecule is CC(C)[C@]1(C)N=C(c2ccccc2C(=O)N2CCCCC2)NC1=O. The van der Waals surface area contributed by atoms with Gasteiger partial charge < -0.3 is 10.2 Å². The van der Waals surface area contributed by atoms with Gasteiger partial charge in [0, 0.05) is 18.7 Å². The van der Waals surface area contributed by atoms with E-state index in [9.17, 15) is 9.59 Å². The number of nitrogens with one attached hydrogen (secondary N) is 1. The average molecular weight is 327 g/mol. The fourth-order valence-corrected chi connectivity index (χ4v) is 3.21. The van der Waals surface area contributed by atoms with Gasteiger partial charge in [0.15, 0.2) is 0 Å². The van der Waals surface area contributed by atoms with E-state index in [4.69, 9.17) is 0 Å². The number of hydrogen-bond donors (Lipinski definition) is 1. The minimum Gasteiger partial charge on any atom is -0.339 e. The van der Waals surface area contributed by atoms with E-state index in [-0.39, 0.29) is 17.7 Å². The molecule has 1 N–H and O–H groups in total. The van der Waals surface area contributed by atoms with Crippen LogP contribution in [0.4, 0.5) is 0 Å². The lowest BCUT2D eigenvalue weighted by Crippen LogP contribution is -2.41. The number of carbonyl (C=O) groups excluding carboxylic acids is 2. The highest BCUT2D eigenvalue weighted by atomic mass is 16.2. The minimum atomic E-state index is -0.781. The third kappa shape index (κ3) is 2.83. The number of aliphatic imine (C=N–C) groups is 1. The molecule has 5 nitrogen and oxygen atoms in total. The first-order chi connectivity index (χ1) is 11.4. The first kappa shape index (κ1) is 16.7. The highest BCUT2D eigenvalue weighted by Gasteiger charge is 2.42. The van der Waals surface area contributed by atoms with Crippen LogP contribution in [0.25, 0.3) is 0 Å². The van der Waals surface area contributed by atoms with Crippen LogP contribution in [-0.4, -0.2) is 41.2 Å². The largest absolute Gasteiger partial charge is 0.339 e. The van der Waals surface area contributed by atoms with E-state index in [1.807, 2.05) is 49.9 Å². The third-order valence-electron chi connectivity index (χ3n) is 5.22. The molecule has 1 aromatic rings. The molecule has 1 aromatic carbocycles. The van der Waals surface area contributed by atoms with E-state index in [1.54, 1.807) is 0 Å². The zero-order valence-electron chi connectivity index (χ0n) is 14.6. The van der Waals surface area contributed by atoms with Crippen LogP contribution in [0.3, 0.4) is 0 Å². The van der Waals surface area contributed by atoms with Crippen LogP contribution in [0.1, 0.15) is 56.0 Å². The van der Waals surface area contributed by atoms with Gasteiger partial charge in [-0.1, -0.05) is 32.0 Å². The molecule has 5 heteroatoms. The summed E-state index contributed by atoms with van der Waals surface area (Å²) in [5, 5.41) is 2.88. The quantitative estimate of drug-likeness (QED) is 0.927. The van der Waals surface area contributed by atoms with Crippen molar-refractivity contribution < 1.29 is 9.59 Å². The number of hydrogen-bond acceptors (Lipinski definition) is 3. The molecule has 0 radical (unpaired) electrons. The van der Waals surface area contributed by atoms with Gasteiger partial charge in [-0.15, -0.1) is 0 Å². The van der Waals surface area contributed by atoms with Crippen molar-refractivity contribution in [2.24, 2.45) is 10.9 Å². The topological polar surface area (TPSA) is 61.8 Å². The van der Waals surface area contributed by atoms with Crippen molar-refractivity contribution in [1.82, 2.24) is 10.2 Å². The molecule has 0 bridgehead atoms. The number of amides is 2. The second-order valence-electron chi connectivity index (χ2n) is 7.12. The van der Waals surface area contributed by atoms with E-state index in [0.29, 0.717) is 17.0 Å². The van der Waals surface area contributed by atoms with E-state index in [2.05, 4.69) is 10.3 Å². The van der Waals surface area contributed by atoms with Crippen molar-refractivity contribution in [1.29, 1.82) is 0 Å². The summed E-state index contributed by atoms with van der Waals surface area (Å²) in [5.74, 6) is 0.519. The zero-order valence-corrected chi connectivity index (χ0v) is 14.6. The van der Waals surface area contributed by atoms with Crippen LogP contribution in [-0.2, 0) is 4.79 Å². The molecular weight excluding hydrogens is 302 g/mol. The lowest BCUT2D eigenvalue weighted by Gasteiger charge is -2.27. The Morgan fingerprint density at radius 1 is 1.21 bits per heavy atom. The Morgan fingerprint density at radius 3 is 2.50 bits per heavy atom. The van der Waals surface area contributed by atoms with Crippen LogP contribution in [0, 0.1) is 5.92 Å². The van der Waals surface area contributed by atoms with Gasteiger partial charge in [0.25, 0.3) is 11.8 Å². The van der Waals surface area contributed by atoms with E-state index in [1.165, 1.54) is 6.42 Å². The predicted octanol–water partition coefficient (Wildman–Crippen LogP) is 2.60. The van der Waals surface area contributed by atoms with Crippen LogP contribution in [0.15, 0.2) is 29.3 Å². The highest BCUT2D eigenvalue weighted by molar-refractivity contribution is 6.18. The Kier molecular flexibility index (Phi) is 4.43. The number of amidine groups is 1. The molecule has 0 saturated carbocycles. The normalized spacial score (nSPS) is 24.1. The van der Waals surface area contributed by atoms with Crippen LogP contribution in [0.2, 0.25) is 0 Å². The number of benzene rings is 1. The lowest BCUT2D eigenvalue weighted by molar-refractivity contribution is -0.124. The summed E-state index contributed by atoms with van der Waals surface area (Å²) in [5.41, 5.74) is 0.550. The van der Waals surface area contributed by atoms with Crippen molar-refractivity contribution in [3.63, 3.8) is 0 Å². The Balaban J connectivity index is 1.95. The molecule has 0 aromatic heterocycles. The van der Waals surface area contributed by atoms with Gasteiger partial charge in [-0.25, -0.2) is 0 Å². The standard InChI is InChI=1S/C19H25N3O2/c1-13(2)19(3)18(24)20-16(21-19)14-9-5-6-10-15(14)17(23)22-11-7-4-8-12-22/h5-6,9-10,13H,4,7-8,11-12H2,1-3H3,(H,20,21,24)/t19-/m0/s1. The molecule has 2 amide bonds. The fraction of sp³-hybridized carbons (Fsp3) is 0.526. The lowest BCUT2D eigenvalue weighted by atomic mass is 9.89. The van der Waals surface area contributed by atoms with E-state index < -0.39 is 5.54 Å². The second kappa shape index (κ2) is 6.38. The summed E-state index contributed by atoms with van der Waals surface area (Å²) in [4.78, 5) is 31.8. The minimum absolute atomic E-state index is 0.0281. The first-order valence-electron chi connectivity index (χ1n) is 8.73. The Labute approximate surface area is 143 Å². The summed E-state index contributed by atoms with van der Waals surface area (Å²) in [6.07, 6.45) is 3.29. The smallest absolute Gasteiger partial charge is 0.254 e. The number of likely N-dealkylation sites (tertiary alicyclic amines) is 1. The Morgan fingerprint density at radius 2 is 1.88 bits per heavy atom. The number of carbonyl (C=O) groups is 2. The van der Waals surface area contributed by atoms with Gasteiger partial charge in [-0.2, -0.15) is 0 Å². The molecule has 0 aliphatic carbocycles. The maximum atomic E-state index is 12.9. The molecule has 2 aliphatic heterocycles. The molecule has 3 rings (SSSR count). The second-order valence-corrected chi connectivity index (χ2v) is 7.12. The van der Waals surface area contributed by atoms with Crippen molar-refractivity contribution >= 4 is 17.6 Å². The van der Waals surface area contributed by atoms with Crippen molar-refractivity contribution in [3.05, 3.63) is 35.4 Å². The van der Waals surface area contributed by atoms with Crippen LogP contribution in [0.5, 0.6) is 0 Å². The molecule has 128 valence electrons. The fourth-order valence-electron chi connectivity index (χ4n) is 3.21. The van der Waals surface area contributed by atoms with Gasteiger partial charge >= 0.3 is 0 Å². The maximum absolute atomic E-state index is 12.9. The highest BCUT2D eigenvalue weighted by Crippen LogP contribution is 2.28. The first-order valence-corrected chi connectivity index (χ1v) is 8.73. The van der Waals surface area contributed by atoms with E-state index >= 15 is 0 Å². The van der Waals surface area contributed by atoms with Gasteiger partial charge in [-0.05, 0) is 38.2 Å². The molecule has 0 unspecified atom stereocenters. The summed E-state index contributed by atoms with van der Waals surface area (Å²) >= 11 is 0. The number of nitrogens with zero attached hydrogens (tertiary/aromatic N) is 2. The zero-order chi connectivity index (χ0) is 17.3. The van der Waals surface area contributed by atoms with Crippen LogP contribution < -0.4 is 5.32 Å². The molecule has 2 aliphatic rings. The predicted molar refractivity (Wildman–Crippen MR) is 94.1 cm³/mol. The molecule has 0 spiro atoms. The summed E-state index contributed by atoms with van der Waals surface area (Å²) in [6, 6.07) is 7.43. The molecule has 2 heterocycles. The van der Waals surface area contributed by atoms with Crippen molar-refractivity contribution in [2.45, 2.75) is 45.6 Å². The molecule has 1 atom stereocenters. The van der Waals surface area contributed by atoms with Crippen LogP contribution >= 0.6 is 0 Å².